The molecule has 2 N–H and O–H groups in total. The lowest BCUT2D eigenvalue weighted by Gasteiger charge is -2.36. The van der Waals surface area contributed by atoms with Gasteiger partial charge in [-0.1, -0.05) is 6.07 Å². The molecular weight excluding hydrogens is 258 g/mol. The van der Waals surface area contributed by atoms with Gasteiger partial charge in [0.2, 0.25) is 0 Å². The van der Waals surface area contributed by atoms with Gasteiger partial charge in [0, 0.05) is 19.3 Å². The van der Waals surface area contributed by atoms with Gasteiger partial charge in [-0.2, -0.15) is 0 Å². The Labute approximate surface area is 117 Å². The Kier molecular flexibility index (Phi) is 3.60. The number of aliphatic hydroxyl groups excluding tert-OH is 2. The minimum Gasteiger partial charge on any atom is -0.394 e. The maximum Gasteiger partial charge on any atom is 0.153 e. The van der Waals surface area contributed by atoms with Gasteiger partial charge in [0.15, 0.2) is 5.82 Å². The summed E-state index contributed by atoms with van der Waals surface area (Å²) in [5.74, 6) is 0.771. The number of imidazole rings is 1. The fourth-order valence-electron chi connectivity index (χ4n) is 2.75. The van der Waals surface area contributed by atoms with Crippen molar-refractivity contribution in [1.29, 1.82) is 0 Å². The van der Waals surface area contributed by atoms with Crippen LogP contribution in [0.25, 0.3) is 5.65 Å². The monoisotopic (exact) mass is 277 g/mol. The summed E-state index contributed by atoms with van der Waals surface area (Å²) in [6.07, 6.45) is 1.71. The first kappa shape index (κ1) is 13.4. The van der Waals surface area contributed by atoms with Gasteiger partial charge in [0.05, 0.1) is 31.1 Å². The molecule has 0 saturated carbocycles. The van der Waals surface area contributed by atoms with Gasteiger partial charge in [0.25, 0.3) is 0 Å². The third kappa shape index (κ3) is 2.26. The Balaban J connectivity index is 2.00. The molecular formula is C14H19N3O3. The Morgan fingerprint density at radius 2 is 2.20 bits per heavy atom. The average molecular weight is 277 g/mol. The second kappa shape index (κ2) is 5.40. The van der Waals surface area contributed by atoms with Crippen molar-refractivity contribution in [2.24, 2.45) is 0 Å². The van der Waals surface area contributed by atoms with Crippen molar-refractivity contribution in [3.8, 4) is 0 Å². The number of pyridine rings is 1. The molecule has 2 unspecified atom stereocenters. The zero-order valence-corrected chi connectivity index (χ0v) is 11.4. The first-order valence-corrected chi connectivity index (χ1v) is 6.81. The predicted molar refractivity (Wildman–Crippen MR) is 74.7 cm³/mol. The summed E-state index contributed by atoms with van der Waals surface area (Å²) < 4.78 is 7.54. The molecule has 20 heavy (non-hydrogen) atoms. The number of rotatable bonds is 3. The fourth-order valence-corrected chi connectivity index (χ4v) is 2.75. The van der Waals surface area contributed by atoms with Gasteiger partial charge < -0.3 is 19.8 Å². The van der Waals surface area contributed by atoms with Crippen molar-refractivity contribution in [2.75, 3.05) is 24.6 Å². The molecule has 6 nitrogen and oxygen atoms in total. The van der Waals surface area contributed by atoms with Gasteiger partial charge in [0.1, 0.15) is 5.65 Å². The van der Waals surface area contributed by atoms with Crippen LogP contribution in [-0.4, -0.2) is 51.5 Å². The number of aliphatic hydroxyl groups is 2. The molecule has 6 heteroatoms. The van der Waals surface area contributed by atoms with Crippen molar-refractivity contribution in [3.63, 3.8) is 0 Å². The second-order valence-electron chi connectivity index (χ2n) is 5.13. The van der Waals surface area contributed by atoms with E-state index in [-0.39, 0.29) is 25.4 Å². The number of ether oxygens (including phenoxy) is 1. The lowest BCUT2D eigenvalue weighted by molar-refractivity contribution is -0.0423. The van der Waals surface area contributed by atoms with E-state index in [4.69, 9.17) is 4.74 Å². The van der Waals surface area contributed by atoms with E-state index in [0.717, 1.165) is 17.2 Å². The van der Waals surface area contributed by atoms with Crippen molar-refractivity contribution in [1.82, 2.24) is 9.38 Å². The average Bonchev–Trinajstić information content (AvgIpc) is 2.85. The standard InChI is InChI=1S/C14H19N3O3/c1-10-6-16(7-11(8-18)20-10)14-12(9-19)17-5-3-2-4-13(17)15-14/h2-5,10-11,18-19H,6-9H2,1H3. The summed E-state index contributed by atoms with van der Waals surface area (Å²) in [5, 5.41) is 19.0. The van der Waals surface area contributed by atoms with E-state index in [2.05, 4.69) is 9.88 Å². The van der Waals surface area contributed by atoms with Crippen LogP contribution >= 0.6 is 0 Å². The lowest BCUT2D eigenvalue weighted by atomic mass is 10.2. The lowest BCUT2D eigenvalue weighted by Crippen LogP contribution is -2.48. The predicted octanol–water partition coefficient (Wildman–Crippen LogP) is 0.413. The molecule has 1 aliphatic heterocycles. The van der Waals surface area contributed by atoms with Gasteiger partial charge >= 0.3 is 0 Å². The van der Waals surface area contributed by atoms with E-state index < -0.39 is 0 Å². The molecule has 3 rings (SSSR count). The van der Waals surface area contributed by atoms with E-state index in [9.17, 15) is 10.2 Å². The summed E-state index contributed by atoms with van der Waals surface area (Å²) >= 11 is 0. The Morgan fingerprint density at radius 1 is 1.35 bits per heavy atom. The molecule has 0 aromatic carbocycles. The molecule has 0 radical (unpaired) electrons. The van der Waals surface area contributed by atoms with Crippen LogP contribution in [0.3, 0.4) is 0 Å². The van der Waals surface area contributed by atoms with Crippen LogP contribution in [0.15, 0.2) is 24.4 Å². The number of anilines is 1. The fraction of sp³-hybridized carbons (Fsp3) is 0.500. The second-order valence-corrected chi connectivity index (χ2v) is 5.13. The molecule has 108 valence electrons. The van der Waals surface area contributed by atoms with Gasteiger partial charge in [-0.05, 0) is 19.1 Å². The maximum atomic E-state index is 9.66. The molecule has 0 amide bonds. The van der Waals surface area contributed by atoms with E-state index in [1.165, 1.54) is 0 Å². The summed E-state index contributed by atoms with van der Waals surface area (Å²) in [7, 11) is 0. The van der Waals surface area contributed by atoms with Crippen LogP contribution in [0.2, 0.25) is 0 Å². The first-order chi connectivity index (χ1) is 9.72. The summed E-state index contributed by atoms with van der Waals surface area (Å²) in [6, 6.07) is 5.75. The van der Waals surface area contributed by atoms with E-state index in [1.54, 1.807) is 0 Å². The summed E-state index contributed by atoms with van der Waals surface area (Å²) in [6.45, 7) is 3.17. The number of aromatic nitrogens is 2. The minimum absolute atomic E-state index is 0.0112. The number of hydrogen-bond acceptors (Lipinski definition) is 5. The van der Waals surface area contributed by atoms with Crippen molar-refractivity contribution >= 4 is 11.5 Å². The largest absolute Gasteiger partial charge is 0.394 e. The van der Waals surface area contributed by atoms with Gasteiger partial charge in [-0.3, -0.25) is 4.40 Å². The highest BCUT2D eigenvalue weighted by atomic mass is 16.5. The van der Waals surface area contributed by atoms with Crippen molar-refractivity contribution < 1.29 is 14.9 Å². The molecule has 0 aliphatic carbocycles. The molecule has 0 bridgehead atoms. The molecule has 3 heterocycles. The third-order valence-corrected chi connectivity index (χ3v) is 3.59. The highest BCUT2D eigenvalue weighted by Gasteiger charge is 2.28. The zero-order valence-electron chi connectivity index (χ0n) is 11.4. The van der Waals surface area contributed by atoms with E-state index in [0.29, 0.717) is 13.1 Å². The van der Waals surface area contributed by atoms with Crippen molar-refractivity contribution in [2.45, 2.75) is 25.7 Å². The molecule has 1 aliphatic rings. The molecule has 1 saturated heterocycles. The molecule has 2 aromatic heterocycles. The molecule has 1 fully saturated rings. The molecule has 0 spiro atoms. The van der Waals surface area contributed by atoms with Crippen LogP contribution in [-0.2, 0) is 11.3 Å². The van der Waals surface area contributed by atoms with Gasteiger partial charge in [-0.15, -0.1) is 0 Å². The Morgan fingerprint density at radius 3 is 2.95 bits per heavy atom. The normalized spacial score (nSPS) is 23.4. The van der Waals surface area contributed by atoms with E-state index in [1.807, 2.05) is 35.7 Å². The SMILES string of the molecule is CC1CN(c2nc3ccccn3c2CO)CC(CO)O1. The van der Waals surface area contributed by atoms with Crippen LogP contribution in [0.4, 0.5) is 5.82 Å². The minimum atomic E-state index is -0.213. The Bertz CT molecular complexity index is 598. The highest BCUT2D eigenvalue weighted by molar-refractivity contribution is 5.56. The maximum absolute atomic E-state index is 9.66. The zero-order chi connectivity index (χ0) is 14.1. The first-order valence-electron chi connectivity index (χ1n) is 6.81. The molecule has 2 aromatic rings. The third-order valence-electron chi connectivity index (χ3n) is 3.59. The van der Waals surface area contributed by atoms with Crippen molar-refractivity contribution in [3.05, 3.63) is 30.1 Å². The smallest absolute Gasteiger partial charge is 0.153 e. The topological polar surface area (TPSA) is 70.2 Å². The number of hydrogen-bond donors (Lipinski definition) is 2. The van der Waals surface area contributed by atoms with Crippen LogP contribution in [0.5, 0.6) is 0 Å². The summed E-state index contributed by atoms with van der Waals surface area (Å²) in [5.41, 5.74) is 1.58. The van der Waals surface area contributed by atoms with Crippen LogP contribution in [0.1, 0.15) is 12.6 Å². The summed E-state index contributed by atoms with van der Waals surface area (Å²) in [4.78, 5) is 6.68. The number of nitrogens with zero attached hydrogens (tertiary/aromatic N) is 3. The molecule has 2 atom stereocenters. The van der Waals surface area contributed by atoms with Crippen LogP contribution < -0.4 is 4.90 Å². The quantitative estimate of drug-likeness (QED) is 0.850. The highest BCUT2D eigenvalue weighted by Crippen LogP contribution is 2.25. The van der Waals surface area contributed by atoms with Crippen LogP contribution in [0, 0.1) is 0 Å². The van der Waals surface area contributed by atoms with Gasteiger partial charge in [-0.25, -0.2) is 4.98 Å². The Hall–Kier alpha value is -1.63. The number of fused-ring (bicyclic) bond motifs is 1. The number of morpholine rings is 1. The van der Waals surface area contributed by atoms with E-state index >= 15 is 0 Å².